The average molecular weight is 486 g/mol. The van der Waals surface area contributed by atoms with Crippen molar-refractivity contribution in [2.24, 2.45) is 5.92 Å². The molecule has 0 spiro atoms. The third kappa shape index (κ3) is 4.81. The van der Waals surface area contributed by atoms with Crippen LogP contribution >= 0.6 is 0 Å². The number of carbonyl (C=O) groups is 2. The summed E-state index contributed by atoms with van der Waals surface area (Å²) >= 11 is 0. The van der Waals surface area contributed by atoms with Crippen LogP contribution < -0.4 is 15.4 Å². The minimum atomic E-state index is -3.77. The minimum absolute atomic E-state index is 0.0817. The zero-order chi connectivity index (χ0) is 24.6. The summed E-state index contributed by atoms with van der Waals surface area (Å²) in [6.07, 6.45) is 0.741. The van der Waals surface area contributed by atoms with Gasteiger partial charge in [-0.15, -0.1) is 0 Å². The maximum atomic E-state index is 13.4. The molecular weight excluding hydrogens is 454 g/mol. The van der Waals surface area contributed by atoms with Crippen LogP contribution in [0.1, 0.15) is 42.9 Å². The first-order valence-corrected chi connectivity index (χ1v) is 13.0. The van der Waals surface area contributed by atoms with Crippen molar-refractivity contribution < 1.29 is 22.7 Å². The van der Waals surface area contributed by atoms with E-state index in [1.165, 1.54) is 10.4 Å². The van der Waals surface area contributed by atoms with Crippen LogP contribution in [0.15, 0.2) is 35.2 Å². The summed E-state index contributed by atoms with van der Waals surface area (Å²) in [4.78, 5) is 25.0. The predicted molar refractivity (Wildman–Crippen MR) is 131 cm³/mol. The first-order valence-electron chi connectivity index (χ1n) is 11.6. The molecule has 8 nitrogen and oxygen atoms in total. The highest BCUT2D eigenvalue weighted by atomic mass is 32.2. The van der Waals surface area contributed by atoms with Crippen LogP contribution in [0.3, 0.4) is 0 Å². The lowest BCUT2D eigenvalue weighted by molar-refractivity contribution is -0.123. The standard InChI is InChI=1S/C25H31N3O5S/c1-5-21-25(30)27-20-13-17(4)23(14-22(20)33-21)34(31,32)28-8-6-18(7-9-28)24(29)26-19-11-15(2)10-16(3)12-19/h10-14,18,21H,5-9H2,1-4H3,(H,26,29)(H,27,30). The fraction of sp³-hybridized carbons (Fsp3) is 0.440. The number of ether oxygens (including phenoxy) is 1. The second-order valence-electron chi connectivity index (χ2n) is 9.16. The summed E-state index contributed by atoms with van der Waals surface area (Å²) in [5, 5.41) is 5.77. The van der Waals surface area contributed by atoms with Gasteiger partial charge in [0, 0.05) is 30.8 Å². The fourth-order valence-electron chi connectivity index (χ4n) is 4.62. The van der Waals surface area contributed by atoms with Gasteiger partial charge in [-0.1, -0.05) is 13.0 Å². The van der Waals surface area contributed by atoms with Gasteiger partial charge in [0.05, 0.1) is 10.6 Å². The second-order valence-corrected chi connectivity index (χ2v) is 11.1. The van der Waals surface area contributed by atoms with Crippen LogP contribution in [0.5, 0.6) is 5.75 Å². The van der Waals surface area contributed by atoms with E-state index in [2.05, 4.69) is 10.6 Å². The molecule has 9 heteroatoms. The lowest BCUT2D eigenvalue weighted by Gasteiger charge is -2.32. The van der Waals surface area contributed by atoms with Gasteiger partial charge in [0.2, 0.25) is 15.9 Å². The number of fused-ring (bicyclic) bond motifs is 1. The minimum Gasteiger partial charge on any atom is -0.478 e. The SMILES string of the molecule is CCC1Oc2cc(S(=O)(=O)N3CCC(C(=O)Nc4cc(C)cc(C)c4)CC3)c(C)cc2NC1=O. The van der Waals surface area contributed by atoms with E-state index < -0.39 is 16.1 Å². The average Bonchev–Trinajstić information content (AvgIpc) is 2.77. The molecule has 0 aromatic heterocycles. The largest absolute Gasteiger partial charge is 0.478 e. The lowest BCUT2D eigenvalue weighted by atomic mass is 9.97. The van der Waals surface area contributed by atoms with Gasteiger partial charge in [-0.3, -0.25) is 9.59 Å². The molecule has 2 aliphatic rings. The first kappa shape index (κ1) is 24.2. The van der Waals surface area contributed by atoms with E-state index in [0.717, 1.165) is 16.8 Å². The normalized spacial score (nSPS) is 19.2. The van der Waals surface area contributed by atoms with E-state index in [4.69, 9.17) is 4.74 Å². The second kappa shape index (κ2) is 9.38. The van der Waals surface area contributed by atoms with Gasteiger partial charge in [-0.05, 0) is 74.9 Å². The molecule has 1 saturated heterocycles. The maximum Gasteiger partial charge on any atom is 0.265 e. The molecule has 1 unspecified atom stereocenters. The summed E-state index contributed by atoms with van der Waals surface area (Å²) in [5.74, 6) is -0.202. The summed E-state index contributed by atoms with van der Waals surface area (Å²) in [7, 11) is -3.77. The van der Waals surface area contributed by atoms with Crippen LogP contribution in [0.2, 0.25) is 0 Å². The van der Waals surface area contributed by atoms with Gasteiger partial charge in [0.25, 0.3) is 5.91 Å². The number of hydrogen-bond acceptors (Lipinski definition) is 5. The number of hydrogen-bond donors (Lipinski definition) is 2. The highest BCUT2D eigenvalue weighted by Gasteiger charge is 2.35. The Kier molecular flexibility index (Phi) is 6.69. The molecule has 2 amide bonds. The Bertz CT molecular complexity index is 1210. The number of aryl methyl sites for hydroxylation is 3. The number of carbonyl (C=O) groups excluding carboxylic acids is 2. The van der Waals surface area contributed by atoms with Crippen molar-refractivity contribution >= 4 is 33.2 Å². The van der Waals surface area contributed by atoms with Crippen molar-refractivity contribution in [2.45, 2.75) is 58.0 Å². The predicted octanol–water partition coefficient (Wildman–Crippen LogP) is 3.76. The van der Waals surface area contributed by atoms with Crippen LogP contribution in [0.4, 0.5) is 11.4 Å². The Balaban J connectivity index is 1.46. The first-order chi connectivity index (χ1) is 16.1. The number of rotatable bonds is 5. The lowest BCUT2D eigenvalue weighted by Crippen LogP contribution is -2.41. The monoisotopic (exact) mass is 485 g/mol. The summed E-state index contributed by atoms with van der Waals surface area (Å²) in [6, 6.07) is 9.04. The number of nitrogens with zero attached hydrogens (tertiary/aromatic N) is 1. The van der Waals surface area contributed by atoms with Crippen LogP contribution in [0.25, 0.3) is 0 Å². The number of anilines is 2. The van der Waals surface area contributed by atoms with Gasteiger partial charge < -0.3 is 15.4 Å². The van der Waals surface area contributed by atoms with Gasteiger partial charge >= 0.3 is 0 Å². The number of sulfonamides is 1. The molecule has 0 bridgehead atoms. The molecule has 0 radical (unpaired) electrons. The molecule has 1 fully saturated rings. The summed E-state index contributed by atoms with van der Waals surface area (Å²) in [6.45, 7) is 8.03. The molecule has 2 heterocycles. The number of benzene rings is 2. The van der Waals surface area contributed by atoms with Gasteiger partial charge in [0.15, 0.2) is 6.10 Å². The number of nitrogens with one attached hydrogen (secondary N) is 2. The Morgan fingerprint density at radius 1 is 1.09 bits per heavy atom. The molecule has 2 aliphatic heterocycles. The topological polar surface area (TPSA) is 105 Å². The Labute approximate surface area is 200 Å². The summed E-state index contributed by atoms with van der Waals surface area (Å²) < 4.78 is 34.0. The Morgan fingerprint density at radius 3 is 2.35 bits per heavy atom. The molecule has 0 saturated carbocycles. The molecule has 4 rings (SSSR count). The van der Waals surface area contributed by atoms with E-state index in [1.807, 2.05) is 39.0 Å². The van der Waals surface area contributed by atoms with Crippen molar-refractivity contribution in [1.29, 1.82) is 0 Å². The number of amides is 2. The maximum absolute atomic E-state index is 13.4. The van der Waals surface area contributed by atoms with Crippen molar-refractivity contribution in [3.63, 3.8) is 0 Å². The molecule has 0 aliphatic carbocycles. The summed E-state index contributed by atoms with van der Waals surface area (Å²) in [5.41, 5.74) is 3.93. The zero-order valence-corrected chi connectivity index (χ0v) is 20.8. The van der Waals surface area contributed by atoms with E-state index in [9.17, 15) is 18.0 Å². The van der Waals surface area contributed by atoms with E-state index in [0.29, 0.717) is 36.3 Å². The fourth-order valence-corrected chi connectivity index (χ4v) is 6.31. The van der Waals surface area contributed by atoms with E-state index in [-0.39, 0.29) is 35.7 Å². The van der Waals surface area contributed by atoms with E-state index >= 15 is 0 Å². The Morgan fingerprint density at radius 2 is 1.74 bits per heavy atom. The Hall–Kier alpha value is -2.91. The smallest absolute Gasteiger partial charge is 0.265 e. The number of piperidine rings is 1. The zero-order valence-electron chi connectivity index (χ0n) is 20.0. The van der Waals surface area contributed by atoms with Crippen molar-refractivity contribution in [1.82, 2.24) is 4.31 Å². The molecular formula is C25H31N3O5S. The third-order valence-corrected chi connectivity index (χ3v) is 8.44. The molecule has 2 N–H and O–H groups in total. The van der Waals surface area contributed by atoms with Gasteiger partial charge in [0.1, 0.15) is 5.75 Å². The molecule has 34 heavy (non-hydrogen) atoms. The van der Waals surface area contributed by atoms with E-state index in [1.54, 1.807) is 13.0 Å². The van der Waals surface area contributed by atoms with Crippen LogP contribution in [-0.4, -0.2) is 43.7 Å². The van der Waals surface area contributed by atoms with Crippen LogP contribution in [0, 0.1) is 26.7 Å². The van der Waals surface area contributed by atoms with Crippen molar-refractivity contribution in [3.8, 4) is 5.75 Å². The molecule has 2 aromatic rings. The highest BCUT2D eigenvalue weighted by molar-refractivity contribution is 7.89. The van der Waals surface area contributed by atoms with Gasteiger partial charge in [-0.25, -0.2) is 8.42 Å². The third-order valence-electron chi connectivity index (χ3n) is 6.40. The quantitative estimate of drug-likeness (QED) is 0.671. The van der Waals surface area contributed by atoms with Crippen molar-refractivity contribution in [3.05, 3.63) is 47.0 Å². The highest BCUT2D eigenvalue weighted by Crippen LogP contribution is 2.36. The van der Waals surface area contributed by atoms with Crippen LogP contribution in [-0.2, 0) is 19.6 Å². The molecule has 2 aromatic carbocycles. The molecule has 182 valence electrons. The van der Waals surface area contributed by atoms with Gasteiger partial charge in [-0.2, -0.15) is 4.31 Å². The molecule has 1 atom stereocenters. The van der Waals surface area contributed by atoms with Crippen molar-refractivity contribution in [2.75, 3.05) is 23.7 Å².